The van der Waals surface area contributed by atoms with Crippen molar-refractivity contribution < 1.29 is 23.8 Å². The van der Waals surface area contributed by atoms with Crippen LogP contribution in [0.1, 0.15) is 33.5 Å². The zero-order valence-corrected chi connectivity index (χ0v) is 16.5. The fourth-order valence-electron chi connectivity index (χ4n) is 3.58. The lowest BCUT2D eigenvalue weighted by Crippen LogP contribution is -2.30. The summed E-state index contributed by atoms with van der Waals surface area (Å²) in [6.07, 6.45) is 3.25. The van der Waals surface area contributed by atoms with Crippen LogP contribution in [0, 0.1) is 6.92 Å². The lowest BCUT2D eigenvalue weighted by Gasteiger charge is -2.27. The molecular formula is C23H20N2O5. The van der Waals surface area contributed by atoms with Gasteiger partial charge in [0.05, 0.1) is 18.7 Å². The maximum absolute atomic E-state index is 13.2. The zero-order chi connectivity index (χ0) is 21.3. The lowest BCUT2D eigenvalue weighted by molar-refractivity contribution is -0.130. The number of benzene rings is 1. The van der Waals surface area contributed by atoms with E-state index in [2.05, 4.69) is 4.98 Å². The van der Waals surface area contributed by atoms with Gasteiger partial charge in [-0.25, -0.2) is 0 Å². The molecule has 0 spiro atoms. The molecule has 3 heterocycles. The monoisotopic (exact) mass is 404 g/mol. The summed E-state index contributed by atoms with van der Waals surface area (Å²) in [7, 11) is 1.54. The van der Waals surface area contributed by atoms with Crippen LogP contribution >= 0.6 is 0 Å². The summed E-state index contributed by atoms with van der Waals surface area (Å²) in [4.78, 5) is 31.7. The van der Waals surface area contributed by atoms with Crippen molar-refractivity contribution in [1.82, 2.24) is 9.88 Å². The number of amides is 1. The number of carbonyl (C=O) groups is 2. The van der Waals surface area contributed by atoms with Gasteiger partial charge in [0, 0.05) is 18.9 Å². The molecule has 1 N–H and O–H groups in total. The average molecular weight is 404 g/mol. The van der Waals surface area contributed by atoms with E-state index in [-0.39, 0.29) is 17.9 Å². The summed E-state index contributed by atoms with van der Waals surface area (Å²) in [5, 5.41) is 10.7. The van der Waals surface area contributed by atoms with Crippen molar-refractivity contribution in [3.8, 4) is 5.75 Å². The first kappa shape index (κ1) is 19.4. The molecule has 1 amide bonds. The highest BCUT2D eigenvalue weighted by Crippen LogP contribution is 2.40. The van der Waals surface area contributed by atoms with Gasteiger partial charge in [-0.1, -0.05) is 12.1 Å². The van der Waals surface area contributed by atoms with E-state index in [1.54, 1.807) is 68.9 Å². The second kappa shape index (κ2) is 7.87. The van der Waals surface area contributed by atoms with Gasteiger partial charge in [0.25, 0.3) is 5.91 Å². The van der Waals surface area contributed by atoms with Gasteiger partial charge in [0.2, 0.25) is 5.78 Å². The van der Waals surface area contributed by atoms with E-state index in [9.17, 15) is 14.7 Å². The predicted octanol–water partition coefficient (Wildman–Crippen LogP) is 3.77. The summed E-state index contributed by atoms with van der Waals surface area (Å²) in [5.74, 6) is -0.508. The van der Waals surface area contributed by atoms with Gasteiger partial charge in [0.1, 0.15) is 11.5 Å². The summed E-state index contributed by atoms with van der Waals surface area (Å²) >= 11 is 0. The van der Waals surface area contributed by atoms with E-state index in [1.807, 2.05) is 0 Å². The number of rotatable bonds is 6. The third-order valence-corrected chi connectivity index (χ3v) is 5.02. The van der Waals surface area contributed by atoms with Crippen LogP contribution in [-0.2, 0) is 11.3 Å². The molecule has 0 radical (unpaired) electrons. The second-order valence-corrected chi connectivity index (χ2v) is 6.97. The smallest absolute Gasteiger partial charge is 0.290 e. The topological polar surface area (TPSA) is 92.9 Å². The third kappa shape index (κ3) is 3.45. The summed E-state index contributed by atoms with van der Waals surface area (Å²) in [5.41, 5.74) is 1.45. The Morgan fingerprint density at radius 3 is 2.63 bits per heavy atom. The van der Waals surface area contributed by atoms with Gasteiger partial charge >= 0.3 is 0 Å². The van der Waals surface area contributed by atoms with Crippen molar-refractivity contribution in [3.05, 3.63) is 94.9 Å². The highest BCUT2D eigenvalue weighted by Gasteiger charge is 2.44. The molecule has 1 atom stereocenters. The van der Waals surface area contributed by atoms with Crippen molar-refractivity contribution in [2.24, 2.45) is 0 Å². The van der Waals surface area contributed by atoms with E-state index >= 15 is 0 Å². The van der Waals surface area contributed by atoms with Gasteiger partial charge in [-0.05, 0) is 54.4 Å². The summed E-state index contributed by atoms with van der Waals surface area (Å²) in [6, 6.07) is 13.1. The molecule has 2 aromatic heterocycles. The van der Waals surface area contributed by atoms with Crippen LogP contribution < -0.4 is 4.74 Å². The summed E-state index contributed by atoms with van der Waals surface area (Å²) < 4.78 is 10.8. The van der Waals surface area contributed by atoms with E-state index in [4.69, 9.17) is 9.15 Å². The number of aromatic nitrogens is 1. The first-order chi connectivity index (χ1) is 14.5. The molecular weight excluding hydrogens is 384 g/mol. The first-order valence-electron chi connectivity index (χ1n) is 9.37. The van der Waals surface area contributed by atoms with Crippen molar-refractivity contribution in [3.63, 3.8) is 0 Å². The van der Waals surface area contributed by atoms with Gasteiger partial charge in [-0.15, -0.1) is 0 Å². The highest BCUT2D eigenvalue weighted by atomic mass is 16.5. The number of Topliss-reactive ketones (excluding diaryl/α,β-unsaturated/α-hetero) is 1. The van der Waals surface area contributed by atoms with Crippen LogP contribution in [0.25, 0.3) is 0 Å². The fourth-order valence-corrected chi connectivity index (χ4v) is 3.58. The molecule has 7 heteroatoms. The number of methoxy groups -OCH3 is 1. The SMILES string of the molecule is COc1cccc(C2C(C(=O)c3ccc(C)o3)=C(O)C(=O)N2Cc2ccncc2)c1. The Morgan fingerprint density at radius 1 is 1.20 bits per heavy atom. The maximum atomic E-state index is 13.2. The Labute approximate surface area is 173 Å². The number of ether oxygens (including phenoxy) is 1. The predicted molar refractivity (Wildman–Crippen MR) is 108 cm³/mol. The zero-order valence-electron chi connectivity index (χ0n) is 16.5. The highest BCUT2D eigenvalue weighted by molar-refractivity contribution is 6.15. The molecule has 152 valence electrons. The van der Waals surface area contributed by atoms with Gasteiger partial charge < -0.3 is 19.2 Å². The largest absolute Gasteiger partial charge is 0.503 e. The van der Waals surface area contributed by atoms with Crippen LogP contribution in [0.2, 0.25) is 0 Å². The van der Waals surface area contributed by atoms with Crippen LogP contribution in [0.5, 0.6) is 5.75 Å². The Morgan fingerprint density at radius 2 is 1.97 bits per heavy atom. The number of hydrogen-bond acceptors (Lipinski definition) is 6. The number of aryl methyl sites for hydroxylation is 1. The van der Waals surface area contributed by atoms with E-state index in [0.29, 0.717) is 17.1 Å². The molecule has 4 rings (SSSR count). The fraction of sp³-hybridized carbons (Fsp3) is 0.174. The van der Waals surface area contributed by atoms with Gasteiger partial charge in [-0.3, -0.25) is 14.6 Å². The minimum atomic E-state index is -0.793. The lowest BCUT2D eigenvalue weighted by atomic mass is 9.94. The number of carbonyl (C=O) groups excluding carboxylic acids is 2. The second-order valence-electron chi connectivity index (χ2n) is 6.97. The number of hydrogen-bond donors (Lipinski definition) is 1. The standard InChI is InChI=1S/C23H20N2O5/c1-14-6-7-18(30-14)21(26)19-20(16-4-3-5-17(12-16)29-2)25(23(28)22(19)27)13-15-8-10-24-11-9-15/h3-12,20,27H,13H2,1-2H3. The normalized spacial score (nSPS) is 16.3. The molecule has 7 nitrogen and oxygen atoms in total. The van der Waals surface area contributed by atoms with Crippen molar-refractivity contribution >= 4 is 11.7 Å². The quantitative estimate of drug-likeness (QED) is 0.629. The summed E-state index contributed by atoms with van der Waals surface area (Å²) in [6.45, 7) is 1.92. The molecule has 1 aliphatic rings. The van der Waals surface area contributed by atoms with Crippen LogP contribution in [-0.4, -0.2) is 33.8 Å². The van der Waals surface area contributed by atoms with Crippen LogP contribution in [0.3, 0.4) is 0 Å². The van der Waals surface area contributed by atoms with Crippen molar-refractivity contribution in [1.29, 1.82) is 0 Å². The number of aliphatic hydroxyl groups is 1. The molecule has 3 aromatic rings. The minimum absolute atomic E-state index is 0.0170. The Balaban J connectivity index is 1.81. The Bertz CT molecular complexity index is 1130. The number of pyridine rings is 1. The molecule has 1 aliphatic heterocycles. The van der Waals surface area contributed by atoms with Crippen molar-refractivity contribution in [2.75, 3.05) is 7.11 Å². The average Bonchev–Trinajstić information content (AvgIpc) is 3.31. The molecule has 0 saturated heterocycles. The van der Waals surface area contributed by atoms with Crippen molar-refractivity contribution in [2.45, 2.75) is 19.5 Å². The molecule has 0 saturated carbocycles. The molecule has 30 heavy (non-hydrogen) atoms. The van der Waals surface area contributed by atoms with Gasteiger partial charge in [0.15, 0.2) is 11.5 Å². The van der Waals surface area contributed by atoms with Crippen LogP contribution in [0.4, 0.5) is 0 Å². The molecule has 1 unspecified atom stereocenters. The number of nitrogens with zero attached hydrogens (tertiary/aromatic N) is 2. The number of aliphatic hydroxyl groups excluding tert-OH is 1. The number of ketones is 1. The minimum Gasteiger partial charge on any atom is -0.503 e. The maximum Gasteiger partial charge on any atom is 0.290 e. The number of furan rings is 1. The van der Waals surface area contributed by atoms with E-state index < -0.39 is 23.5 Å². The first-order valence-corrected chi connectivity index (χ1v) is 9.37. The molecule has 0 fully saturated rings. The molecule has 0 bridgehead atoms. The van der Waals surface area contributed by atoms with E-state index in [0.717, 1.165) is 5.56 Å². The Hall–Kier alpha value is -3.87. The van der Waals surface area contributed by atoms with Gasteiger partial charge in [-0.2, -0.15) is 0 Å². The Kier molecular flexibility index (Phi) is 5.10. The molecule has 0 aliphatic carbocycles. The third-order valence-electron chi connectivity index (χ3n) is 5.02. The molecule has 1 aromatic carbocycles. The van der Waals surface area contributed by atoms with E-state index in [1.165, 1.54) is 11.0 Å². The van der Waals surface area contributed by atoms with Crippen LogP contribution in [0.15, 0.2) is 76.7 Å².